The van der Waals surface area contributed by atoms with Gasteiger partial charge in [0.05, 0.1) is 17.6 Å². The second-order valence-corrected chi connectivity index (χ2v) is 5.71. The summed E-state index contributed by atoms with van der Waals surface area (Å²) < 4.78 is 36.4. The molecule has 0 amide bonds. The first-order valence-corrected chi connectivity index (χ1v) is 7.34. The van der Waals surface area contributed by atoms with Crippen LogP contribution >= 0.6 is 0 Å². The molecule has 0 fully saturated rings. The lowest BCUT2D eigenvalue weighted by Gasteiger charge is -2.11. The Morgan fingerprint density at radius 1 is 1.32 bits per heavy atom. The lowest BCUT2D eigenvalue weighted by molar-refractivity contribution is 0.122. The van der Waals surface area contributed by atoms with E-state index >= 15 is 0 Å². The number of hydrogen-bond acceptors (Lipinski definition) is 5. The summed E-state index contributed by atoms with van der Waals surface area (Å²) in [6.45, 7) is 2.07. The summed E-state index contributed by atoms with van der Waals surface area (Å²) in [5.41, 5.74) is 0. The predicted molar refractivity (Wildman–Crippen MR) is 70.7 cm³/mol. The Bertz CT molecular complexity index is 471. The van der Waals surface area contributed by atoms with Crippen LogP contribution in [0.2, 0.25) is 0 Å². The van der Waals surface area contributed by atoms with Gasteiger partial charge in [-0.15, -0.1) is 0 Å². The van der Waals surface area contributed by atoms with Crippen LogP contribution in [-0.2, 0) is 14.8 Å². The van der Waals surface area contributed by atoms with Crippen LogP contribution < -0.4 is 9.46 Å². The maximum absolute atomic E-state index is 11.9. The highest BCUT2D eigenvalue weighted by atomic mass is 32.2. The van der Waals surface area contributed by atoms with Gasteiger partial charge in [-0.05, 0) is 31.2 Å². The van der Waals surface area contributed by atoms with Crippen molar-refractivity contribution in [3.63, 3.8) is 0 Å². The number of aliphatic hydroxyl groups excluding tert-OH is 1. The molecule has 1 aromatic rings. The zero-order chi connectivity index (χ0) is 14.3. The molecule has 1 atom stereocenters. The van der Waals surface area contributed by atoms with Crippen molar-refractivity contribution in [2.45, 2.75) is 17.9 Å². The molecule has 1 aromatic carbocycles. The van der Waals surface area contributed by atoms with Crippen molar-refractivity contribution in [2.24, 2.45) is 0 Å². The van der Waals surface area contributed by atoms with E-state index < -0.39 is 10.0 Å². The lowest BCUT2D eigenvalue weighted by Crippen LogP contribution is -2.31. The number of aliphatic hydroxyl groups is 1. The number of methoxy groups -OCH3 is 1. The van der Waals surface area contributed by atoms with E-state index in [-0.39, 0.29) is 30.8 Å². The van der Waals surface area contributed by atoms with Gasteiger partial charge in [-0.2, -0.15) is 0 Å². The molecule has 108 valence electrons. The molecule has 1 unspecified atom stereocenters. The highest BCUT2D eigenvalue weighted by Crippen LogP contribution is 2.15. The molecule has 0 saturated heterocycles. The van der Waals surface area contributed by atoms with Gasteiger partial charge in [-0.1, -0.05) is 0 Å². The van der Waals surface area contributed by atoms with E-state index in [0.29, 0.717) is 5.75 Å². The van der Waals surface area contributed by atoms with Crippen LogP contribution in [0.1, 0.15) is 6.92 Å². The maximum Gasteiger partial charge on any atom is 0.240 e. The molecule has 0 radical (unpaired) electrons. The van der Waals surface area contributed by atoms with Gasteiger partial charge >= 0.3 is 0 Å². The van der Waals surface area contributed by atoms with Crippen LogP contribution in [0.15, 0.2) is 29.2 Å². The Kier molecular flexibility index (Phi) is 6.23. The van der Waals surface area contributed by atoms with E-state index in [9.17, 15) is 8.42 Å². The third-order valence-corrected chi connectivity index (χ3v) is 3.90. The molecule has 0 aliphatic carbocycles. The first-order valence-electron chi connectivity index (χ1n) is 5.86. The average molecular weight is 289 g/mol. The van der Waals surface area contributed by atoms with E-state index in [4.69, 9.17) is 14.6 Å². The van der Waals surface area contributed by atoms with Crippen molar-refractivity contribution < 1.29 is 23.0 Å². The van der Waals surface area contributed by atoms with Gasteiger partial charge in [0.25, 0.3) is 0 Å². The molecule has 7 heteroatoms. The monoisotopic (exact) mass is 289 g/mol. The zero-order valence-corrected chi connectivity index (χ0v) is 11.8. The first kappa shape index (κ1) is 15.9. The van der Waals surface area contributed by atoms with E-state index in [1.165, 1.54) is 19.2 Å². The molecular weight excluding hydrogens is 270 g/mol. The van der Waals surface area contributed by atoms with Gasteiger partial charge in [0.2, 0.25) is 10.0 Å². The number of ether oxygens (including phenoxy) is 2. The molecular formula is C12H19NO5S. The van der Waals surface area contributed by atoms with Crippen molar-refractivity contribution in [2.75, 3.05) is 26.9 Å². The van der Waals surface area contributed by atoms with Gasteiger partial charge in [0.1, 0.15) is 12.4 Å². The summed E-state index contributed by atoms with van der Waals surface area (Å²) in [6.07, 6.45) is -0.193. The molecule has 0 spiro atoms. The van der Waals surface area contributed by atoms with E-state index in [0.717, 1.165) is 0 Å². The zero-order valence-electron chi connectivity index (χ0n) is 11.0. The highest BCUT2D eigenvalue weighted by Gasteiger charge is 2.14. The number of hydrogen-bond donors (Lipinski definition) is 2. The quantitative estimate of drug-likeness (QED) is 0.722. The van der Waals surface area contributed by atoms with E-state index in [1.807, 2.05) is 0 Å². The molecule has 6 nitrogen and oxygen atoms in total. The van der Waals surface area contributed by atoms with Crippen LogP contribution in [0.5, 0.6) is 5.75 Å². The number of rotatable bonds is 8. The largest absolute Gasteiger partial charge is 0.491 e. The van der Waals surface area contributed by atoms with Crippen LogP contribution in [0, 0.1) is 0 Å². The minimum atomic E-state index is -3.54. The lowest BCUT2D eigenvalue weighted by atomic mass is 10.3. The molecule has 0 saturated carbocycles. The topological polar surface area (TPSA) is 84.9 Å². The Morgan fingerprint density at radius 3 is 2.47 bits per heavy atom. The summed E-state index contributed by atoms with van der Waals surface area (Å²) in [7, 11) is -2.02. The van der Waals surface area contributed by atoms with Crippen molar-refractivity contribution in [1.82, 2.24) is 4.72 Å². The standard InChI is InChI=1S/C12H19NO5S/c1-10(17-2)9-13-19(15,16)12-5-3-11(4-6-12)18-8-7-14/h3-6,10,13-14H,7-9H2,1-2H3. The fourth-order valence-electron chi connectivity index (χ4n) is 1.27. The molecule has 1 rings (SSSR count). The van der Waals surface area contributed by atoms with Gasteiger partial charge in [0, 0.05) is 13.7 Å². The molecule has 0 heterocycles. The van der Waals surface area contributed by atoms with Crippen molar-refractivity contribution in [1.29, 1.82) is 0 Å². The Hall–Kier alpha value is -1.15. The van der Waals surface area contributed by atoms with Crippen molar-refractivity contribution >= 4 is 10.0 Å². The van der Waals surface area contributed by atoms with Crippen LogP contribution in [0.25, 0.3) is 0 Å². The summed E-state index contributed by atoms with van der Waals surface area (Å²) in [4.78, 5) is 0.159. The Labute approximate surface area is 113 Å². The number of benzene rings is 1. The van der Waals surface area contributed by atoms with E-state index in [2.05, 4.69) is 4.72 Å². The van der Waals surface area contributed by atoms with Gasteiger partial charge in [0.15, 0.2) is 0 Å². The highest BCUT2D eigenvalue weighted by molar-refractivity contribution is 7.89. The maximum atomic E-state index is 11.9. The Balaban J connectivity index is 2.68. The second kappa shape index (κ2) is 7.44. The molecule has 2 N–H and O–H groups in total. The predicted octanol–water partition coefficient (Wildman–Crippen LogP) is 0.371. The number of sulfonamides is 1. The first-order chi connectivity index (χ1) is 8.99. The number of nitrogens with one attached hydrogen (secondary N) is 1. The molecule has 0 aliphatic rings. The van der Waals surface area contributed by atoms with Crippen LogP contribution in [0.4, 0.5) is 0 Å². The van der Waals surface area contributed by atoms with Crippen molar-refractivity contribution in [3.8, 4) is 5.75 Å². The smallest absolute Gasteiger partial charge is 0.240 e. The summed E-state index contributed by atoms with van der Waals surface area (Å²) in [5, 5.41) is 8.61. The fraction of sp³-hybridized carbons (Fsp3) is 0.500. The van der Waals surface area contributed by atoms with Crippen LogP contribution in [-0.4, -0.2) is 46.5 Å². The summed E-state index contributed by atoms with van der Waals surface area (Å²) >= 11 is 0. The summed E-state index contributed by atoms with van der Waals surface area (Å²) in [6, 6.07) is 5.99. The van der Waals surface area contributed by atoms with Crippen molar-refractivity contribution in [3.05, 3.63) is 24.3 Å². The molecule has 19 heavy (non-hydrogen) atoms. The minimum absolute atomic E-state index is 0.0868. The van der Waals surface area contributed by atoms with E-state index in [1.54, 1.807) is 19.1 Å². The van der Waals surface area contributed by atoms with Gasteiger partial charge < -0.3 is 14.6 Å². The average Bonchev–Trinajstić information content (AvgIpc) is 2.43. The third kappa shape index (κ3) is 5.15. The SMILES string of the molecule is COC(C)CNS(=O)(=O)c1ccc(OCCO)cc1. The fourth-order valence-corrected chi connectivity index (χ4v) is 2.39. The normalized spacial score (nSPS) is 13.2. The second-order valence-electron chi connectivity index (χ2n) is 3.94. The van der Waals surface area contributed by atoms with Gasteiger partial charge in [-0.25, -0.2) is 13.1 Å². The third-order valence-electron chi connectivity index (χ3n) is 2.46. The Morgan fingerprint density at radius 2 is 1.95 bits per heavy atom. The van der Waals surface area contributed by atoms with Gasteiger partial charge in [-0.3, -0.25) is 0 Å². The molecule has 0 aliphatic heterocycles. The minimum Gasteiger partial charge on any atom is -0.491 e. The molecule has 0 bridgehead atoms. The summed E-state index contributed by atoms with van der Waals surface area (Å²) in [5.74, 6) is 0.512. The van der Waals surface area contributed by atoms with Crippen LogP contribution in [0.3, 0.4) is 0 Å². The molecule has 0 aromatic heterocycles.